The molecular formula is C16H31BN2. The van der Waals surface area contributed by atoms with E-state index in [-0.39, 0.29) is 0 Å². The summed E-state index contributed by atoms with van der Waals surface area (Å²) in [5.74, 6) is 1.32. The van der Waals surface area contributed by atoms with Gasteiger partial charge in [-0.3, -0.25) is 5.41 Å². The number of nitrogens with zero attached hydrogens (tertiary/aromatic N) is 1. The van der Waals surface area contributed by atoms with Crippen molar-refractivity contribution in [1.82, 2.24) is 4.90 Å². The average molecular weight is 262 g/mol. The maximum atomic E-state index is 8.41. The smallest absolute Gasteiger partial charge is 0.121 e. The zero-order chi connectivity index (χ0) is 14.8. The second-order valence-electron chi connectivity index (χ2n) is 7.34. The van der Waals surface area contributed by atoms with Crippen LogP contribution in [0.5, 0.6) is 0 Å². The fourth-order valence-electron chi connectivity index (χ4n) is 3.33. The van der Waals surface area contributed by atoms with Crippen molar-refractivity contribution in [3.05, 3.63) is 11.6 Å². The van der Waals surface area contributed by atoms with Crippen molar-refractivity contribution in [2.24, 2.45) is 5.92 Å². The standard InChI is InChI=1S/C16H31BN2/c1-11(2)10-15(18)19(12(3)4)14-8-7-9-16(6,17)13(14)5/h10,12-14,18H,7-9,17H2,1-6H3. The van der Waals surface area contributed by atoms with Gasteiger partial charge in [0.25, 0.3) is 0 Å². The van der Waals surface area contributed by atoms with Gasteiger partial charge in [0.05, 0.1) is 0 Å². The molecule has 0 aromatic carbocycles. The van der Waals surface area contributed by atoms with E-state index >= 15 is 0 Å². The molecule has 3 unspecified atom stereocenters. The summed E-state index contributed by atoms with van der Waals surface area (Å²) in [7, 11) is 2.38. The molecule has 1 fully saturated rings. The summed E-state index contributed by atoms with van der Waals surface area (Å²) in [5, 5.41) is 8.80. The third-order valence-electron chi connectivity index (χ3n) is 4.75. The zero-order valence-corrected chi connectivity index (χ0v) is 13.9. The summed E-state index contributed by atoms with van der Waals surface area (Å²) in [6.07, 6.45) is 5.83. The summed E-state index contributed by atoms with van der Waals surface area (Å²) in [6, 6.07) is 0.899. The van der Waals surface area contributed by atoms with Gasteiger partial charge in [0, 0.05) is 12.1 Å². The van der Waals surface area contributed by atoms with Crippen LogP contribution in [0.3, 0.4) is 0 Å². The molecule has 19 heavy (non-hydrogen) atoms. The maximum Gasteiger partial charge on any atom is 0.121 e. The molecule has 0 spiro atoms. The highest BCUT2D eigenvalue weighted by molar-refractivity contribution is 6.15. The number of hydrogen-bond acceptors (Lipinski definition) is 1. The predicted octanol–water partition coefficient (Wildman–Crippen LogP) is 3.64. The van der Waals surface area contributed by atoms with E-state index in [2.05, 4.69) is 54.3 Å². The molecule has 0 aliphatic heterocycles. The van der Waals surface area contributed by atoms with E-state index in [1.807, 2.05) is 6.08 Å². The van der Waals surface area contributed by atoms with Crippen LogP contribution >= 0.6 is 0 Å². The van der Waals surface area contributed by atoms with Crippen molar-refractivity contribution in [3.63, 3.8) is 0 Å². The lowest BCUT2D eigenvalue weighted by molar-refractivity contribution is 0.124. The first-order chi connectivity index (χ1) is 8.66. The molecule has 0 amide bonds. The third-order valence-corrected chi connectivity index (χ3v) is 4.75. The SMILES string of the molecule is BC1(C)CCCC(N(C(=N)C=C(C)C)C(C)C)C1C. The maximum absolute atomic E-state index is 8.41. The van der Waals surface area contributed by atoms with E-state index in [1.54, 1.807) is 0 Å². The van der Waals surface area contributed by atoms with Crippen LogP contribution in [-0.2, 0) is 0 Å². The quantitative estimate of drug-likeness (QED) is 0.469. The number of hydrogen-bond donors (Lipinski definition) is 1. The largest absolute Gasteiger partial charge is 0.351 e. The van der Waals surface area contributed by atoms with Crippen molar-refractivity contribution in [2.75, 3.05) is 0 Å². The highest BCUT2D eigenvalue weighted by Crippen LogP contribution is 2.46. The summed E-state index contributed by atoms with van der Waals surface area (Å²) in [5.41, 5.74) is 1.21. The van der Waals surface area contributed by atoms with Crippen LogP contribution in [0.1, 0.15) is 60.8 Å². The molecule has 1 N–H and O–H groups in total. The van der Waals surface area contributed by atoms with Gasteiger partial charge in [-0.05, 0) is 46.1 Å². The fourth-order valence-corrected chi connectivity index (χ4v) is 3.33. The lowest BCUT2D eigenvalue weighted by Crippen LogP contribution is -2.51. The molecule has 0 radical (unpaired) electrons. The first-order valence-electron chi connectivity index (χ1n) is 7.68. The minimum atomic E-state index is 0.390. The molecule has 0 bridgehead atoms. The second kappa shape index (κ2) is 6.15. The lowest BCUT2D eigenvalue weighted by Gasteiger charge is -2.49. The van der Waals surface area contributed by atoms with Crippen LogP contribution in [0.25, 0.3) is 0 Å². The van der Waals surface area contributed by atoms with Gasteiger partial charge in [-0.25, -0.2) is 0 Å². The Labute approximate surface area is 120 Å². The first-order valence-corrected chi connectivity index (χ1v) is 7.68. The van der Waals surface area contributed by atoms with E-state index in [1.165, 1.54) is 24.8 Å². The van der Waals surface area contributed by atoms with Crippen LogP contribution < -0.4 is 0 Å². The van der Waals surface area contributed by atoms with Gasteiger partial charge in [-0.1, -0.05) is 37.6 Å². The van der Waals surface area contributed by atoms with Crippen molar-refractivity contribution >= 4 is 13.7 Å². The molecule has 108 valence electrons. The Morgan fingerprint density at radius 2 is 2.00 bits per heavy atom. The molecule has 3 heteroatoms. The molecule has 3 atom stereocenters. The van der Waals surface area contributed by atoms with E-state index in [0.29, 0.717) is 29.2 Å². The first kappa shape index (κ1) is 16.3. The molecule has 2 nitrogen and oxygen atoms in total. The molecule has 1 aliphatic rings. The minimum Gasteiger partial charge on any atom is -0.351 e. The summed E-state index contributed by atoms with van der Waals surface area (Å²) in [4.78, 5) is 2.33. The Morgan fingerprint density at radius 1 is 1.42 bits per heavy atom. The molecule has 1 aliphatic carbocycles. The van der Waals surface area contributed by atoms with Gasteiger partial charge in [0.1, 0.15) is 13.7 Å². The Bertz CT molecular complexity index is 354. The van der Waals surface area contributed by atoms with Crippen LogP contribution in [-0.4, -0.2) is 30.7 Å². The van der Waals surface area contributed by atoms with E-state index in [0.717, 1.165) is 0 Å². The van der Waals surface area contributed by atoms with Gasteiger partial charge in [-0.2, -0.15) is 0 Å². The molecule has 0 saturated heterocycles. The van der Waals surface area contributed by atoms with E-state index in [9.17, 15) is 0 Å². The Kier molecular flexibility index (Phi) is 5.29. The van der Waals surface area contributed by atoms with Gasteiger partial charge in [0.15, 0.2) is 0 Å². The summed E-state index contributed by atoms with van der Waals surface area (Å²) >= 11 is 0. The Hall–Kier alpha value is -0.725. The molecule has 1 saturated carbocycles. The lowest BCUT2D eigenvalue weighted by atomic mass is 9.54. The van der Waals surface area contributed by atoms with Gasteiger partial charge in [0.2, 0.25) is 0 Å². The highest BCUT2D eigenvalue weighted by Gasteiger charge is 2.39. The molecule has 0 aromatic heterocycles. The normalized spacial score (nSPS) is 31.1. The van der Waals surface area contributed by atoms with Gasteiger partial charge < -0.3 is 4.90 Å². The summed E-state index contributed by atoms with van der Waals surface area (Å²) in [6.45, 7) is 13.3. The van der Waals surface area contributed by atoms with E-state index < -0.39 is 0 Å². The minimum absolute atomic E-state index is 0.390. The van der Waals surface area contributed by atoms with Gasteiger partial charge in [-0.15, -0.1) is 0 Å². The number of amidine groups is 1. The van der Waals surface area contributed by atoms with Crippen LogP contribution in [0.15, 0.2) is 11.6 Å². The topological polar surface area (TPSA) is 27.1 Å². The Morgan fingerprint density at radius 3 is 2.47 bits per heavy atom. The Balaban J connectivity index is 2.99. The van der Waals surface area contributed by atoms with Crippen molar-refractivity contribution in [3.8, 4) is 0 Å². The molecule has 0 aromatic rings. The molecule has 0 heterocycles. The van der Waals surface area contributed by atoms with E-state index in [4.69, 9.17) is 5.41 Å². The fraction of sp³-hybridized carbons (Fsp3) is 0.812. The molecular weight excluding hydrogens is 231 g/mol. The summed E-state index contributed by atoms with van der Waals surface area (Å²) < 4.78 is 0. The second-order valence-corrected chi connectivity index (χ2v) is 7.34. The van der Waals surface area contributed by atoms with Crippen molar-refractivity contribution in [1.29, 1.82) is 5.41 Å². The van der Waals surface area contributed by atoms with Crippen molar-refractivity contribution < 1.29 is 0 Å². The van der Waals surface area contributed by atoms with Crippen LogP contribution in [0.4, 0.5) is 0 Å². The third kappa shape index (κ3) is 3.87. The number of rotatable bonds is 3. The monoisotopic (exact) mass is 262 g/mol. The number of nitrogens with one attached hydrogen (secondary N) is 1. The number of allylic oxidation sites excluding steroid dienone is 1. The van der Waals surface area contributed by atoms with Crippen molar-refractivity contribution in [2.45, 2.75) is 78.2 Å². The molecule has 1 rings (SSSR count). The predicted molar refractivity (Wildman–Crippen MR) is 87.8 cm³/mol. The van der Waals surface area contributed by atoms with Crippen LogP contribution in [0, 0.1) is 11.3 Å². The average Bonchev–Trinajstić information content (AvgIpc) is 2.23. The van der Waals surface area contributed by atoms with Crippen LogP contribution in [0.2, 0.25) is 5.31 Å². The zero-order valence-electron chi connectivity index (χ0n) is 13.9. The highest BCUT2D eigenvalue weighted by atomic mass is 15.2. The van der Waals surface area contributed by atoms with Gasteiger partial charge >= 0.3 is 0 Å².